The second kappa shape index (κ2) is 12.5. The lowest BCUT2D eigenvalue weighted by Crippen LogP contribution is -2.44. The Labute approximate surface area is 262 Å². The number of fused-ring (bicyclic) bond motifs is 1. The molecule has 2 fully saturated rings. The van der Waals surface area contributed by atoms with E-state index in [1.165, 1.54) is 31.1 Å². The Balaban J connectivity index is 1.44. The molecule has 6 rings (SSSR count). The normalized spacial score (nSPS) is 16.6. The molecular weight excluding hydrogens is 581 g/mol. The van der Waals surface area contributed by atoms with Crippen molar-refractivity contribution in [2.45, 2.75) is 58.5 Å². The van der Waals surface area contributed by atoms with Crippen LogP contribution >= 0.6 is 0 Å². The number of hydrogen-bond donors (Lipinski definition) is 1. The van der Waals surface area contributed by atoms with Gasteiger partial charge in [0.05, 0.1) is 24.6 Å². The van der Waals surface area contributed by atoms with Gasteiger partial charge in [0.25, 0.3) is 0 Å². The van der Waals surface area contributed by atoms with Crippen LogP contribution in [-0.4, -0.2) is 66.9 Å². The summed E-state index contributed by atoms with van der Waals surface area (Å²) in [7, 11) is 3.73. The predicted molar refractivity (Wildman–Crippen MR) is 171 cm³/mol. The number of hydrogen-bond acceptors (Lipinski definition) is 7. The highest BCUT2D eigenvalue weighted by Gasteiger charge is 2.39. The fraction of sp³-hybridized carbons (Fsp3) is 0.500. The molecule has 4 aromatic rings. The molecular formula is C34H41F3N6O2. The van der Waals surface area contributed by atoms with E-state index < -0.39 is 17.6 Å². The zero-order chi connectivity index (χ0) is 31.8. The van der Waals surface area contributed by atoms with Crippen LogP contribution in [-0.2, 0) is 10.9 Å². The van der Waals surface area contributed by atoms with E-state index in [4.69, 9.17) is 19.4 Å². The van der Waals surface area contributed by atoms with Gasteiger partial charge < -0.3 is 24.3 Å². The van der Waals surface area contributed by atoms with E-state index in [0.717, 1.165) is 67.3 Å². The standard InChI is InChI=1S/C34H41F3N6O2/c1-5-45-32-26(34(35,36)37)17-23(19-38-32)27-18-28(42(3)20-33(21-44-4)12-9-13-33)29-31(39-27)41-30(40-29)25-11-10-24(16-22(25)2)43-14-7-6-8-15-43/h10-11,16-19H,5-9,12-15,20-21H2,1-4H3,(H,39,40,41). The quantitative estimate of drug-likeness (QED) is 0.195. The lowest BCUT2D eigenvalue weighted by atomic mass is 9.69. The van der Waals surface area contributed by atoms with Gasteiger partial charge in [0, 0.05) is 62.2 Å². The molecule has 8 nitrogen and oxygen atoms in total. The number of pyridine rings is 2. The second-order valence-electron chi connectivity index (χ2n) is 12.5. The van der Waals surface area contributed by atoms with Gasteiger partial charge in [-0.15, -0.1) is 0 Å². The summed E-state index contributed by atoms with van der Waals surface area (Å²) in [5.74, 6) is 0.229. The third-order valence-electron chi connectivity index (χ3n) is 9.21. The number of ether oxygens (including phenoxy) is 2. The molecule has 0 bridgehead atoms. The maximum absolute atomic E-state index is 14.0. The Kier molecular flexibility index (Phi) is 8.65. The smallest absolute Gasteiger partial charge is 0.421 e. The molecule has 11 heteroatoms. The van der Waals surface area contributed by atoms with Crippen molar-refractivity contribution in [1.29, 1.82) is 0 Å². The Morgan fingerprint density at radius 2 is 1.82 bits per heavy atom. The highest BCUT2D eigenvalue weighted by Crippen LogP contribution is 2.44. The first-order valence-electron chi connectivity index (χ1n) is 15.8. The maximum Gasteiger partial charge on any atom is 0.421 e. The molecule has 0 radical (unpaired) electrons. The van der Waals surface area contributed by atoms with Crippen LogP contribution in [0.1, 0.15) is 56.6 Å². The van der Waals surface area contributed by atoms with Crippen LogP contribution in [0.5, 0.6) is 5.88 Å². The van der Waals surface area contributed by atoms with Gasteiger partial charge in [-0.2, -0.15) is 13.2 Å². The number of benzene rings is 1. The summed E-state index contributed by atoms with van der Waals surface area (Å²) >= 11 is 0. The van der Waals surface area contributed by atoms with Gasteiger partial charge in [-0.05, 0) is 81.8 Å². The number of halogens is 3. The molecule has 1 aliphatic heterocycles. The molecule has 0 spiro atoms. The molecule has 1 aliphatic carbocycles. The number of alkyl halides is 3. The van der Waals surface area contributed by atoms with Crippen molar-refractivity contribution in [3.05, 3.63) is 47.7 Å². The van der Waals surface area contributed by atoms with Crippen molar-refractivity contribution < 1.29 is 22.6 Å². The minimum Gasteiger partial charge on any atom is -0.478 e. The zero-order valence-corrected chi connectivity index (χ0v) is 26.4. The first-order valence-corrected chi connectivity index (χ1v) is 15.8. The van der Waals surface area contributed by atoms with E-state index in [0.29, 0.717) is 23.8 Å². The van der Waals surface area contributed by atoms with E-state index in [1.54, 1.807) is 14.0 Å². The highest BCUT2D eigenvalue weighted by atomic mass is 19.4. The number of aromatic nitrogens is 4. The first-order chi connectivity index (χ1) is 21.6. The van der Waals surface area contributed by atoms with Gasteiger partial charge in [0.2, 0.25) is 5.88 Å². The van der Waals surface area contributed by atoms with Crippen molar-refractivity contribution in [2.75, 3.05) is 56.8 Å². The molecule has 1 aromatic carbocycles. The molecule has 3 aromatic heterocycles. The number of nitrogens with one attached hydrogen (secondary N) is 1. The molecule has 0 atom stereocenters. The van der Waals surface area contributed by atoms with Crippen molar-refractivity contribution in [3.63, 3.8) is 0 Å². The van der Waals surface area contributed by atoms with Crippen LogP contribution in [0, 0.1) is 12.3 Å². The second-order valence-corrected chi connectivity index (χ2v) is 12.5. The largest absolute Gasteiger partial charge is 0.478 e. The fourth-order valence-corrected chi connectivity index (χ4v) is 6.78. The van der Waals surface area contributed by atoms with Crippen molar-refractivity contribution in [1.82, 2.24) is 19.9 Å². The van der Waals surface area contributed by atoms with Crippen LogP contribution in [0.2, 0.25) is 0 Å². The summed E-state index contributed by atoms with van der Waals surface area (Å²) in [5, 5.41) is 0. The molecule has 45 heavy (non-hydrogen) atoms. The number of imidazole rings is 1. The third kappa shape index (κ3) is 6.32. The van der Waals surface area contributed by atoms with Crippen molar-refractivity contribution in [3.8, 4) is 28.5 Å². The van der Waals surface area contributed by atoms with Crippen molar-refractivity contribution >= 4 is 22.5 Å². The number of nitrogens with zero attached hydrogens (tertiary/aromatic N) is 5. The van der Waals surface area contributed by atoms with Crippen LogP contribution in [0.25, 0.3) is 33.8 Å². The summed E-state index contributed by atoms with van der Waals surface area (Å²) in [4.78, 5) is 21.8. The van der Waals surface area contributed by atoms with Gasteiger partial charge in [-0.3, -0.25) is 0 Å². The average molecular weight is 623 g/mol. The average Bonchev–Trinajstić information content (AvgIpc) is 3.43. The van der Waals surface area contributed by atoms with E-state index in [1.807, 2.05) is 13.1 Å². The van der Waals surface area contributed by atoms with Gasteiger partial charge in [-0.1, -0.05) is 6.42 Å². The van der Waals surface area contributed by atoms with Gasteiger partial charge in [-0.25, -0.2) is 15.0 Å². The van der Waals surface area contributed by atoms with E-state index in [2.05, 4.69) is 44.9 Å². The molecule has 1 N–H and O–H groups in total. The van der Waals surface area contributed by atoms with E-state index in [9.17, 15) is 13.2 Å². The van der Waals surface area contributed by atoms with Crippen LogP contribution in [0.4, 0.5) is 24.5 Å². The van der Waals surface area contributed by atoms with E-state index in [-0.39, 0.29) is 17.6 Å². The molecule has 4 heterocycles. The van der Waals surface area contributed by atoms with Gasteiger partial charge in [0.15, 0.2) is 5.65 Å². The summed E-state index contributed by atoms with van der Waals surface area (Å²) in [6.07, 6.45) is 3.69. The minimum absolute atomic E-state index is 0.0210. The maximum atomic E-state index is 14.0. The number of H-pyrrole nitrogens is 1. The molecule has 1 saturated carbocycles. The molecule has 0 amide bonds. The Morgan fingerprint density at radius 3 is 2.47 bits per heavy atom. The SMILES string of the molecule is CCOc1ncc(-c2cc(N(C)CC3(COC)CCC3)c3[nH]c(-c4ccc(N5CCCCC5)cc4C)nc3n2)cc1C(F)(F)F. The zero-order valence-electron chi connectivity index (χ0n) is 26.4. The predicted octanol–water partition coefficient (Wildman–Crippen LogP) is 7.66. The molecule has 2 aliphatic rings. The Morgan fingerprint density at radius 1 is 1.04 bits per heavy atom. The number of anilines is 2. The third-order valence-corrected chi connectivity index (χ3v) is 9.21. The van der Waals surface area contributed by atoms with Crippen LogP contribution in [0.3, 0.4) is 0 Å². The number of rotatable bonds is 10. The number of methoxy groups -OCH3 is 1. The number of piperidine rings is 1. The summed E-state index contributed by atoms with van der Waals surface area (Å²) in [6.45, 7) is 7.28. The van der Waals surface area contributed by atoms with Gasteiger partial charge in [0.1, 0.15) is 16.9 Å². The fourth-order valence-electron chi connectivity index (χ4n) is 6.78. The summed E-state index contributed by atoms with van der Waals surface area (Å²) in [6, 6.07) is 9.32. The van der Waals surface area contributed by atoms with Gasteiger partial charge >= 0.3 is 6.18 Å². The topological polar surface area (TPSA) is 79.4 Å². The Hall–Kier alpha value is -3.86. The first kappa shape index (κ1) is 31.1. The van der Waals surface area contributed by atoms with Crippen molar-refractivity contribution in [2.24, 2.45) is 5.41 Å². The number of aryl methyl sites for hydroxylation is 1. The Bertz CT molecular complexity index is 1660. The van der Waals surface area contributed by atoms with E-state index >= 15 is 0 Å². The summed E-state index contributed by atoms with van der Waals surface area (Å²) in [5.41, 5.74) is 4.91. The molecule has 1 saturated heterocycles. The molecule has 240 valence electrons. The van der Waals surface area contributed by atoms with Crippen LogP contribution < -0.4 is 14.5 Å². The lowest BCUT2D eigenvalue weighted by molar-refractivity contribution is -0.139. The highest BCUT2D eigenvalue weighted by molar-refractivity contribution is 5.91. The summed E-state index contributed by atoms with van der Waals surface area (Å²) < 4.78 is 52.9. The minimum atomic E-state index is -4.63. The molecule has 0 unspecified atom stereocenters. The lowest BCUT2D eigenvalue weighted by Gasteiger charge is -2.44. The van der Waals surface area contributed by atoms with Crippen LogP contribution in [0.15, 0.2) is 36.5 Å². The number of aromatic amines is 1. The monoisotopic (exact) mass is 622 g/mol.